The van der Waals surface area contributed by atoms with Crippen molar-refractivity contribution in [2.75, 3.05) is 0 Å². The Labute approximate surface area is 115 Å². The Hall–Kier alpha value is -2.81. The van der Waals surface area contributed by atoms with E-state index in [-0.39, 0.29) is 0 Å². The van der Waals surface area contributed by atoms with Gasteiger partial charge in [0, 0.05) is 5.56 Å². The predicted octanol–water partition coefficient (Wildman–Crippen LogP) is 4.49. The summed E-state index contributed by atoms with van der Waals surface area (Å²) in [5.74, 6) is 1.51. The van der Waals surface area contributed by atoms with Gasteiger partial charge in [0.25, 0.3) is 0 Å². The molecule has 0 aliphatic heterocycles. The minimum Gasteiger partial charge on any atom is -0.461 e. The molecule has 2 heterocycles. The van der Waals surface area contributed by atoms with E-state index in [0.29, 0.717) is 0 Å². The van der Waals surface area contributed by atoms with Crippen LogP contribution in [0, 0.1) is 0 Å². The first kappa shape index (κ1) is 11.1. The van der Waals surface area contributed by atoms with Crippen molar-refractivity contribution in [1.82, 2.24) is 9.97 Å². The van der Waals surface area contributed by atoms with E-state index in [2.05, 4.69) is 28.2 Å². The van der Waals surface area contributed by atoms with Crippen molar-refractivity contribution >= 4 is 11.0 Å². The van der Waals surface area contributed by atoms with Crippen molar-refractivity contribution in [3.63, 3.8) is 0 Å². The summed E-state index contributed by atoms with van der Waals surface area (Å²) in [6, 6.07) is 20.2. The first-order valence-electron chi connectivity index (χ1n) is 6.50. The lowest BCUT2D eigenvalue weighted by Gasteiger charge is -2.01. The van der Waals surface area contributed by atoms with Gasteiger partial charge in [-0.1, -0.05) is 42.5 Å². The summed E-state index contributed by atoms with van der Waals surface area (Å²) < 4.78 is 5.40. The molecule has 1 N–H and O–H groups in total. The van der Waals surface area contributed by atoms with Crippen LogP contribution in [0.1, 0.15) is 0 Å². The monoisotopic (exact) mass is 260 g/mol. The van der Waals surface area contributed by atoms with Gasteiger partial charge in [0.1, 0.15) is 0 Å². The molecule has 3 heteroatoms. The largest absolute Gasteiger partial charge is 0.461 e. The Kier molecular flexibility index (Phi) is 2.42. The van der Waals surface area contributed by atoms with Gasteiger partial charge in [-0.3, -0.25) is 0 Å². The van der Waals surface area contributed by atoms with Gasteiger partial charge in [-0.15, -0.1) is 0 Å². The van der Waals surface area contributed by atoms with E-state index in [1.807, 2.05) is 42.5 Å². The summed E-state index contributed by atoms with van der Waals surface area (Å²) >= 11 is 0. The van der Waals surface area contributed by atoms with E-state index in [4.69, 9.17) is 4.42 Å². The molecular formula is C17H12N2O. The van der Waals surface area contributed by atoms with E-state index in [1.165, 1.54) is 0 Å². The smallest absolute Gasteiger partial charge is 0.174 e. The number of nitrogens with one attached hydrogen (secondary N) is 1. The maximum absolute atomic E-state index is 5.40. The molecule has 0 atom stereocenters. The fraction of sp³-hybridized carbons (Fsp3) is 0. The van der Waals surface area contributed by atoms with Crippen LogP contribution in [-0.2, 0) is 0 Å². The summed E-state index contributed by atoms with van der Waals surface area (Å²) in [5, 5.41) is 0. The van der Waals surface area contributed by atoms with Gasteiger partial charge in [-0.2, -0.15) is 0 Å². The van der Waals surface area contributed by atoms with Crippen molar-refractivity contribution in [2.45, 2.75) is 0 Å². The van der Waals surface area contributed by atoms with Crippen LogP contribution in [-0.4, -0.2) is 9.97 Å². The Bertz CT molecular complexity index is 845. The first-order chi connectivity index (χ1) is 9.92. The summed E-state index contributed by atoms with van der Waals surface area (Å²) in [6.07, 6.45) is 1.65. The zero-order valence-corrected chi connectivity index (χ0v) is 10.7. The lowest BCUT2D eigenvalue weighted by Crippen LogP contribution is -1.79. The number of aromatic nitrogens is 2. The van der Waals surface area contributed by atoms with Crippen molar-refractivity contribution < 1.29 is 4.42 Å². The van der Waals surface area contributed by atoms with Crippen LogP contribution >= 0.6 is 0 Å². The quantitative estimate of drug-likeness (QED) is 0.577. The number of H-pyrrole nitrogens is 1. The molecule has 0 unspecified atom stereocenters. The number of hydrogen-bond donors (Lipinski definition) is 1. The normalized spacial score (nSPS) is 11.0. The van der Waals surface area contributed by atoms with E-state index in [1.54, 1.807) is 6.26 Å². The lowest BCUT2D eigenvalue weighted by molar-refractivity contribution is 0.578. The van der Waals surface area contributed by atoms with Crippen molar-refractivity contribution in [3.8, 4) is 22.7 Å². The second kappa shape index (κ2) is 4.38. The molecule has 4 rings (SSSR count). The van der Waals surface area contributed by atoms with E-state index in [0.717, 1.165) is 33.7 Å². The summed E-state index contributed by atoms with van der Waals surface area (Å²) in [7, 11) is 0. The number of benzene rings is 2. The molecule has 2 aromatic carbocycles. The molecule has 0 fully saturated rings. The third-order valence-electron chi connectivity index (χ3n) is 3.35. The molecule has 0 bridgehead atoms. The highest BCUT2D eigenvalue weighted by molar-refractivity contribution is 5.93. The molecular weight excluding hydrogens is 248 g/mol. The lowest BCUT2D eigenvalue weighted by atomic mass is 10.0. The van der Waals surface area contributed by atoms with Crippen molar-refractivity contribution in [1.29, 1.82) is 0 Å². The number of fused-ring (bicyclic) bond motifs is 1. The Morgan fingerprint density at radius 1 is 0.850 bits per heavy atom. The summed E-state index contributed by atoms with van der Waals surface area (Å²) in [6.45, 7) is 0. The molecule has 0 saturated carbocycles. The van der Waals surface area contributed by atoms with Gasteiger partial charge in [-0.05, 0) is 23.8 Å². The summed E-state index contributed by atoms with van der Waals surface area (Å²) in [5.41, 5.74) is 4.26. The topological polar surface area (TPSA) is 41.8 Å². The average Bonchev–Trinajstić information content (AvgIpc) is 3.16. The molecule has 4 aromatic rings. The zero-order chi connectivity index (χ0) is 13.4. The van der Waals surface area contributed by atoms with Crippen LogP contribution in [0.2, 0.25) is 0 Å². The van der Waals surface area contributed by atoms with Crippen LogP contribution in [0.25, 0.3) is 33.7 Å². The van der Waals surface area contributed by atoms with Crippen LogP contribution < -0.4 is 0 Å². The number of rotatable bonds is 2. The first-order valence-corrected chi connectivity index (χ1v) is 6.50. The third kappa shape index (κ3) is 1.72. The number of aromatic amines is 1. The van der Waals surface area contributed by atoms with Crippen molar-refractivity contribution in [2.24, 2.45) is 0 Å². The van der Waals surface area contributed by atoms with Crippen LogP contribution in [0.3, 0.4) is 0 Å². The van der Waals surface area contributed by atoms with Gasteiger partial charge in [-0.25, -0.2) is 4.98 Å². The molecule has 3 nitrogen and oxygen atoms in total. The molecule has 96 valence electrons. The van der Waals surface area contributed by atoms with Crippen LogP contribution in [0.4, 0.5) is 0 Å². The van der Waals surface area contributed by atoms with Gasteiger partial charge in [0.2, 0.25) is 0 Å². The van der Waals surface area contributed by atoms with Gasteiger partial charge < -0.3 is 9.40 Å². The molecule has 0 saturated heterocycles. The summed E-state index contributed by atoms with van der Waals surface area (Å²) in [4.78, 5) is 7.99. The highest BCUT2D eigenvalue weighted by Gasteiger charge is 2.11. The SMILES string of the molecule is c1ccc(-c2cccc3[nH]c(-c4ccco4)nc23)cc1. The van der Waals surface area contributed by atoms with E-state index >= 15 is 0 Å². The molecule has 0 aliphatic carbocycles. The number of para-hydroxylation sites is 1. The number of hydrogen-bond acceptors (Lipinski definition) is 2. The maximum atomic E-state index is 5.40. The van der Waals surface area contributed by atoms with E-state index in [9.17, 15) is 0 Å². The Balaban J connectivity index is 1.95. The minimum atomic E-state index is 0.750. The third-order valence-corrected chi connectivity index (χ3v) is 3.35. The van der Waals surface area contributed by atoms with Crippen LogP contribution in [0.5, 0.6) is 0 Å². The number of imidazole rings is 1. The number of furan rings is 1. The predicted molar refractivity (Wildman–Crippen MR) is 79.2 cm³/mol. The fourth-order valence-corrected chi connectivity index (χ4v) is 2.41. The maximum Gasteiger partial charge on any atom is 0.174 e. The van der Waals surface area contributed by atoms with Crippen molar-refractivity contribution in [3.05, 3.63) is 66.9 Å². The standard InChI is InChI=1S/C17H12N2O/c1-2-6-12(7-3-1)13-8-4-9-14-16(13)19-17(18-14)15-10-5-11-20-15/h1-11H,(H,18,19). The van der Waals surface area contributed by atoms with Gasteiger partial charge >= 0.3 is 0 Å². The molecule has 0 radical (unpaired) electrons. The molecule has 2 aromatic heterocycles. The van der Waals surface area contributed by atoms with Gasteiger partial charge in [0.05, 0.1) is 17.3 Å². The molecule has 0 spiro atoms. The molecule has 0 amide bonds. The van der Waals surface area contributed by atoms with E-state index < -0.39 is 0 Å². The van der Waals surface area contributed by atoms with Crippen LogP contribution in [0.15, 0.2) is 71.3 Å². The molecule has 20 heavy (non-hydrogen) atoms. The zero-order valence-electron chi connectivity index (χ0n) is 10.7. The Morgan fingerprint density at radius 3 is 2.55 bits per heavy atom. The highest BCUT2D eigenvalue weighted by atomic mass is 16.3. The average molecular weight is 260 g/mol. The fourth-order valence-electron chi connectivity index (χ4n) is 2.41. The van der Waals surface area contributed by atoms with Gasteiger partial charge in [0.15, 0.2) is 11.6 Å². The number of nitrogens with zero attached hydrogens (tertiary/aromatic N) is 1. The Morgan fingerprint density at radius 2 is 1.75 bits per heavy atom. The minimum absolute atomic E-state index is 0.750. The second-order valence-electron chi connectivity index (χ2n) is 4.63. The highest BCUT2D eigenvalue weighted by Crippen LogP contribution is 2.29. The molecule has 0 aliphatic rings. The second-order valence-corrected chi connectivity index (χ2v) is 4.63.